The van der Waals surface area contributed by atoms with Crippen LogP contribution in [-0.4, -0.2) is 31.1 Å². The second kappa shape index (κ2) is 3.81. The molecule has 0 N–H and O–H groups in total. The normalized spacial score (nSPS) is 14.9. The lowest BCUT2D eigenvalue weighted by Crippen LogP contribution is -2.45. The molecule has 0 aromatic rings. The zero-order valence-corrected chi connectivity index (χ0v) is 11.2. The van der Waals surface area contributed by atoms with Crippen LogP contribution < -0.4 is 0 Å². The number of sulfonamides is 1. The van der Waals surface area contributed by atoms with Gasteiger partial charge < -0.3 is 0 Å². The van der Waals surface area contributed by atoms with E-state index in [1.54, 1.807) is 7.05 Å². The largest absolute Gasteiger partial charge is 0.214 e. The first-order chi connectivity index (χ1) is 5.86. The summed E-state index contributed by atoms with van der Waals surface area (Å²) in [4.78, 5) is 0. The lowest BCUT2D eigenvalue weighted by molar-refractivity contribution is 0.286. The van der Waals surface area contributed by atoms with E-state index in [1.165, 1.54) is 4.31 Å². The second-order valence-electron chi connectivity index (χ2n) is 5.96. The molecule has 0 heterocycles. The summed E-state index contributed by atoms with van der Waals surface area (Å²) < 4.78 is 25.3. The minimum absolute atomic E-state index is 0.188. The minimum atomic E-state index is -3.14. The van der Waals surface area contributed by atoms with Crippen molar-refractivity contribution in [2.75, 3.05) is 12.8 Å². The second-order valence-corrected chi connectivity index (χ2v) is 7.96. The first-order valence-electron chi connectivity index (χ1n) is 4.83. The average molecular weight is 221 g/mol. The molecular weight excluding hydrogens is 198 g/mol. The summed E-state index contributed by atoms with van der Waals surface area (Å²) in [7, 11) is -1.50. The Balaban J connectivity index is 4.83. The van der Waals surface area contributed by atoms with E-state index in [2.05, 4.69) is 0 Å². The van der Waals surface area contributed by atoms with Gasteiger partial charge in [-0.3, -0.25) is 0 Å². The number of hydrogen-bond acceptors (Lipinski definition) is 2. The van der Waals surface area contributed by atoms with Crippen molar-refractivity contribution in [3.05, 3.63) is 0 Å². The molecule has 0 spiro atoms. The molecule has 0 atom stereocenters. The molecule has 0 saturated heterocycles. The third kappa shape index (κ3) is 4.42. The molecule has 4 heteroatoms. The summed E-state index contributed by atoms with van der Waals surface area (Å²) in [5.41, 5.74) is -0.539. The topological polar surface area (TPSA) is 37.4 Å². The predicted octanol–water partition coefficient (Wildman–Crippen LogP) is 2.09. The van der Waals surface area contributed by atoms with Gasteiger partial charge in [-0.2, -0.15) is 4.31 Å². The van der Waals surface area contributed by atoms with Crippen molar-refractivity contribution in [3.63, 3.8) is 0 Å². The molecule has 0 amide bonds. The van der Waals surface area contributed by atoms with Crippen LogP contribution in [0.15, 0.2) is 0 Å². The van der Waals surface area contributed by atoms with Crippen LogP contribution in [0.3, 0.4) is 0 Å². The van der Waals surface area contributed by atoms with Gasteiger partial charge in [0, 0.05) is 12.6 Å². The van der Waals surface area contributed by atoms with Gasteiger partial charge in [0.25, 0.3) is 0 Å². The van der Waals surface area contributed by atoms with Crippen molar-refractivity contribution >= 4 is 10.0 Å². The standard InChI is InChI=1S/C10H23NO2S/c1-9(2,3)8-14(12,13)11(7)10(4,5)6/h8H2,1-7H3. The molecule has 14 heavy (non-hydrogen) atoms. The zero-order chi connectivity index (χ0) is 11.8. The van der Waals surface area contributed by atoms with Crippen LogP contribution in [0.2, 0.25) is 0 Å². The van der Waals surface area contributed by atoms with Crippen LogP contribution in [-0.2, 0) is 10.0 Å². The Bertz CT molecular complexity index is 280. The average Bonchev–Trinajstić information content (AvgIpc) is 1.78. The molecule has 0 aromatic heterocycles. The highest BCUT2D eigenvalue weighted by Crippen LogP contribution is 2.22. The van der Waals surface area contributed by atoms with Gasteiger partial charge >= 0.3 is 0 Å². The SMILES string of the molecule is CN(C(C)(C)C)S(=O)(=O)CC(C)(C)C. The van der Waals surface area contributed by atoms with Gasteiger partial charge in [-0.1, -0.05) is 20.8 Å². The molecule has 0 aliphatic heterocycles. The van der Waals surface area contributed by atoms with E-state index in [-0.39, 0.29) is 16.7 Å². The van der Waals surface area contributed by atoms with Crippen LogP contribution >= 0.6 is 0 Å². The van der Waals surface area contributed by atoms with E-state index in [1.807, 2.05) is 41.5 Å². The maximum atomic E-state index is 11.9. The first kappa shape index (κ1) is 13.9. The zero-order valence-electron chi connectivity index (χ0n) is 10.4. The molecule has 0 bridgehead atoms. The van der Waals surface area contributed by atoms with E-state index in [0.717, 1.165) is 0 Å². The van der Waals surface area contributed by atoms with Gasteiger partial charge in [-0.05, 0) is 26.2 Å². The van der Waals surface area contributed by atoms with Crippen molar-refractivity contribution in [2.45, 2.75) is 47.1 Å². The molecule has 0 rings (SSSR count). The summed E-state index contributed by atoms with van der Waals surface area (Å²) in [6, 6.07) is 0. The molecule has 0 aliphatic rings. The summed E-state index contributed by atoms with van der Waals surface area (Å²) in [6.45, 7) is 11.5. The molecule has 0 radical (unpaired) electrons. The van der Waals surface area contributed by atoms with E-state index in [0.29, 0.717) is 0 Å². The third-order valence-electron chi connectivity index (χ3n) is 1.98. The van der Waals surface area contributed by atoms with Crippen LogP contribution in [0.4, 0.5) is 0 Å². The van der Waals surface area contributed by atoms with Gasteiger partial charge in [0.15, 0.2) is 0 Å². The Morgan fingerprint density at radius 3 is 1.57 bits per heavy atom. The molecule has 86 valence electrons. The molecule has 0 aliphatic carbocycles. The smallest absolute Gasteiger partial charge is 0.212 e. The van der Waals surface area contributed by atoms with Crippen molar-refractivity contribution < 1.29 is 8.42 Å². The fraction of sp³-hybridized carbons (Fsp3) is 1.00. The molecule has 3 nitrogen and oxygen atoms in total. The monoisotopic (exact) mass is 221 g/mol. The van der Waals surface area contributed by atoms with E-state index >= 15 is 0 Å². The van der Waals surface area contributed by atoms with Crippen molar-refractivity contribution in [3.8, 4) is 0 Å². The molecule has 0 unspecified atom stereocenters. The van der Waals surface area contributed by atoms with Crippen LogP contribution in [0, 0.1) is 5.41 Å². The summed E-state index contributed by atoms with van der Waals surface area (Å²) in [5.74, 6) is 0.188. The van der Waals surface area contributed by atoms with Crippen molar-refractivity contribution in [1.29, 1.82) is 0 Å². The van der Waals surface area contributed by atoms with Crippen molar-refractivity contribution in [2.24, 2.45) is 5.41 Å². The van der Waals surface area contributed by atoms with Gasteiger partial charge in [-0.15, -0.1) is 0 Å². The summed E-state index contributed by atoms with van der Waals surface area (Å²) in [6.07, 6.45) is 0. The van der Waals surface area contributed by atoms with Gasteiger partial charge in [-0.25, -0.2) is 8.42 Å². The fourth-order valence-corrected chi connectivity index (χ4v) is 3.18. The number of nitrogens with zero attached hydrogens (tertiary/aromatic N) is 1. The van der Waals surface area contributed by atoms with Crippen LogP contribution in [0.25, 0.3) is 0 Å². The fourth-order valence-electron chi connectivity index (χ4n) is 1.06. The molecule has 0 aromatic carbocycles. The predicted molar refractivity (Wildman–Crippen MR) is 60.8 cm³/mol. The van der Waals surface area contributed by atoms with Crippen LogP contribution in [0.5, 0.6) is 0 Å². The van der Waals surface area contributed by atoms with Crippen LogP contribution in [0.1, 0.15) is 41.5 Å². The Kier molecular flexibility index (Phi) is 3.79. The van der Waals surface area contributed by atoms with Gasteiger partial charge in [0.05, 0.1) is 5.75 Å². The molecule has 0 fully saturated rings. The number of rotatable bonds is 2. The summed E-state index contributed by atoms with van der Waals surface area (Å²) >= 11 is 0. The summed E-state index contributed by atoms with van der Waals surface area (Å²) in [5, 5.41) is 0. The van der Waals surface area contributed by atoms with Gasteiger partial charge in [0.2, 0.25) is 10.0 Å². The first-order valence-corrected chi connectivity index (χ1v) is 6.44. The van der Waals surface area contributed by atoms with E-state index < -0.39 is 10.0 Å². The maximum absolute atomic E-state index is 11.9. The minimum Gasteiger partial charge on any atom is -0.212 e. The highest BCUT2D eigenvalue weighted by atomic mass is 32.2. The Morgan fingerprint density at radius 1 is 1.00 bits per heavy atom. The Morgan fingerprint density at radius 2 is 1.36 bits per heavy atom. The lowest BCUT2D eigenvalue weighted by Gasteiger charge is -2.33. The van der Waals surface area contributed by atoms with Crippen molar-refractivity contribution in [1.82, 2.24) is 4.31 Å². The molecule has 0 saturated carbocycles. The van der Waals surface area contributed by atoms with E-state index in [4.69, 9.17) is 0 Å². The van der Waals surface area contributed by atoms with E-state index in [9.17, 15) is 8.42 Å². The Hall–Kier alpha value is -0.0900. The Labute approximate surface area is 88.5 Å². The molecular formula is C10H23NO2S. The van der Waals surface area contributed by atoms with Gasteiger partial charge in [0.1, 0.15) is 0 Å². The maximum Gasteiger partial charge on any atom is 0.214 e. The highest BCUT2D eigenvalue weighted by molar-refractivity contribution is 7.89. The quantitative estimate of drug-likeness (QED) is 0.716. The number of hydrogen-bond donors (Lipinski definition) is 0. The highest BCUT2D eigenvalue weighted by Gasteiger charge is 2.32. The lowest BCUT2D eigenvalue weighted by atomic mass is 10.0. The third-order valence-corrected chi connectivity index (χ3v) is 4.59.